The third-order valence-electron chi connectivity index (χ3n) is 1.13. The summed E-state index contributed by atoms with van der Waals surface area (Å²) in [5, 5.41) is 1.56. The van der Waals surface area contributed by atoms with Crippen molar-refractivity contribution < 1.29 is 26.7 Å². The number of nitrogens with one attached hydrogen (secondary N) is 1. The van der Waals surface area contributed by atoms with Crippen molar-refractivity contribution in [2.24, 2.45) is 0 Å². The Morgan fingerprint density at radius 1 is 1.00 bits per heavy atom. The Kier molecular flexibility index (Phi) is 3.15. The number of halogens is 5. The van der Waals surface area contributed by atoms with E-state index in [2.05, 4.69) is 0 Å². The molecule has 0 radical (unpaired) electrons. The van der Waals surface area contributed by atoms with Crippen LogP contribution < -0.4 is 5.32 Å². The van der Waals surface area contributed by atoms with Gasteiger partial charge in [0.15, 0.2) is 0 Å². The Labute approximate surface area is 77.5 Å². The van der Waals surface area contributed by atoms with Crippen LogP contribution in [0.1, 0.15) is 20.8 Å². The second kappa shape index (κ2) is 3.36. The maximum absolute atomic E-state index is 12.3. The molecule has 0 spiro atoms. The first-order valence-corrected chi connectivity index (χ1v) is 3.65. The highest BCUT2D eigenvalue weighted by atomic mass is 19.4. The molecule has 1 N–H and O–H groups in total. The molecule has 0 saturated heterocycles. The molecule has 0 heterocycles. The normalized spacial score (nSPS) is 14.0. The van der Waals surface area contributed by atoms with Crippen molar-refractivity contribution >= 4 is 5.91 Å². The molecule has 0 aliphatic heterocycles. The molecule has 0 atom stereocenters. The van der Waals surface area contributed by atoms with Crippen molar-refractivity contribution in [3.63, 3.8) is 0 Å². The topological polar surface area (TPSA) is 29.1 Å². The van der Waals surface area contributed by atoms with Gasteiger partial charge in [0.1, 0.15) is 0 Å². The number of amides is 1. The summed E-state index contributed by atoms with van der Waals surface area (Å²) in [6.07, 6.45) is -5.86. The fraction of sp³-hybridized carbons (Fsp3) is 0.857. The number of alkyl halides is 5. The SMILES string of the molecule is CC(C)(C)NC(=O)C(F)(F)C(F)(F)F. The lowest BCUT2D eigenvalue weighted by atomic mass is 10.1. The largest absolute Gasteiger partial charge is 0.463 e. The molecule has 84 valence electrons. The summed E-state index contributed by atoms with van der Waals surface area (Å²) >= 11 is 0. The lowest BCUT2D eigenvalue weighted by Crippen LogP contribution is -2.55. The van der Waals surface area contributed by atoms with Crippen molar-refractivity contribution in [2.75, 3.05) is 0 Å². The zero-order valence-corrected chi connectivity index (χ0v) is 7.80. The van der Waals surface area contributed by atoms with Crippen LogP contribution in [0.5, 0.6) is 0 Å². The third kappa shape index (κ3) is 3.12. The average molecular weight is 219 g/mol. The molecule has 0 aromatic rings. The Hall–Kier alpha value is -0.880. The zero-order chi connectivity index (χ0) is 11.8. The third-order valence-corrected chi connectivity index (χ3v) is 1.13. The van der Waals surface area contributed by atoms with E-state index in [4.69, 9.17) is 0 Å². The van der Waals surface area contributed by atoms with Crippen LogP contribution in [0.15, 0.2) is 0 Å². The molecule has 7 heteroatoms. The van der Waals surface area contributed by atoms with Crippen molar-refractivity contribution in [2.45, 2.75) is 38.4 Å². The van der Waals surface area contributed by atoms with E-state index < -0.39 is 23.5 Å². The summed E-state index contributed by atoms with van der Waals surface area (Å²) in [4.78, 5) is 10.5. The molecule has 0 bridgehead atoms. The van der Waals surface area contributed by atoms with Crippen LogP contribution in [0.4, 0.5) is 22.0 Å². The quantitative estimate of drug-likeness (QED) is 0.672. The predicted molar refractivity (Wildman–Crippen MR) is 38.9 cm³/mol. The van der Waals surface area contributed by atoms with Gasteiger partial charge in [-0.15, -0.1) is 0 Å². The van der Waals surface area contributed by atoms with Crippen LogP contribution in [0.3, 0.4) is 0 Å². The van der Waals surface area contributed by atoms with Crippen LogP contribution in [-0.4, -0.2) is 23.5 Å². The molecule has 0 aliphatic carbocycles. The lowest BCUT2D eigenvalue weighted by Gasteiger charge is -2.25. The van der Waals surface area contributed by atoms with Gasteiger partial charge < -0.3 is 5.32 Å². The van der Waals surface area contributed by atoms with Gasteiger partial charge in [-0.05, 0) is 20.8 Å². The molecule has 2 nitrogen and oxygen atoms in total. The van der Waals surface area contributed by atoms with Crippen LogP contribution in [0.2, 0.25) is 0 Å². The summed E-state index contributed by atoms with van der Waals surface area (Å²) in [6.45, 7) is 3.91. The smallest absolute Gasteiger partial charge is 0.346 e. The van der Waals surface area contributed by atoms with E-state index in [0.29, 0.717) is 0 Å². The number of rotatable bonds is 1. The van der Waals surface area contributed by atoms with Gasteiger partial charge in [0.05, 0.1) is 0 Å². The molecule has 0 fully saturated rings. The van der Waals surface area contributed by atoms with E-state index >= 15 is 0 Å². The van der Waals surface area contributed by atoms with Crippen LogP contribution in [0.25, 0.3) is 0 Å². The summed E-state index contributed by atoms with van der Waals surface area (Å²) in [6, 6.07) is 0. The van der Waals surface area contributed by atoms with Crippen LogP contribution in [0, 0.1) is 0 Å². The Bertz CT molecular complexity index is 227. The highest BCUT2D eigenvalue weighted by Crippen LogP contribution is 2.35. The van der Waals surface area contributed by atoms with Gasteiger partial charge >= 0.3 is 18.0 Å². The van der Waals surface area contributed by atoms with E-state index in [9.17, 15) is 26.7 Å². The number of hydrogen-bond acceptors (Lipinski definition) is 1. The predicted octanol–water partition coefficient (Wildman–Crippen LogP) is 2.10. The molecule has 0 unspecified atom stereocenters. The molecular weight excluding hydrogens is 209 g/mol. The van der Waals surface area contributed by atoms with Gasteiger partial charge in [-0.2, -0.15) is 22.0 Å². The Morgan fingerprint density at radius 2 is 1.36 bits per heavy atom. The second-order valence-corrected chi connectivity index (χ2v) is 3.78. The highest BCUT2D eigenvalue weighted by Gasteiger charge is 2.63. The molecule has 0 aromatic carbocycles. The molecular formula is C7H10F5NO. The molecule has 14 heavy (non-hydrogen) atoms. The molecule has 1 amide bonds. The van der Waals surface area contributed by atoms with Gasteiger partial charge in [-0.1, -0.05) is 0 Å². The van der Waals surface area contributed by atoms with Crippen molar-refractivity contribution in [1.29, 1.82) is 0 Å². The number of hydrogen-bond donors (Lipinski definition) is 1. The van der Waals surface area contributed by atoms with Gasteiger partial charge in [0.25, 0.3) is 0 Å². The first kappa shape index (κ1) is 13.1. The van der Waals surface area contributed by atoms with E-state index in [1.807, 2.05) is 0 Å². The first-order valence-electron chi connectivity index (χ1n) is 3.65. The molecule has 0 aliphatic rings. The maximum Gasteiger partial charge on any atom is 0.463 e. The van der Waals surface area contributed by atoms with Crippen molar-refractivity contribution in [3.05, 3.63) is 0 Å². The zero-order valence-electron chi connectivity index (χ0n) is 7.80. The van der Waals surface area contributed by atoms with Gasteiger partial charge in [0.2, 0.25) is 0 Å². The molecule has 0 aromatic heterocycles. The molecule has 0 rings (SSSR count). The fourth-order valence-corrected chi connectivity index (χ4v) is 0.548. The fourth-order valence-electron chi connectivity index (χ4n) is 0.548. The van der Waals surface area contributed by atoms with Gasteiger partial charge in [0, 0.05) is 5.54 Å². The van der Waals surface area contributed by atoms with Crippen LogP contribution >= 0.6 is 0 Å². The highest BCUT2D eigenvalue weighted by molar-refractivity contribution is 5.84. The maximum atomic E-state index is 12.3. The first-order chi connectivity index (χ1) is 5.88. The second-order valence-electron chi connectivity index (χ2n) is 3.78. The van der Waals surface area contributed by atoms with Crippen LogP contribution in [-0.2, 0) is 4.79 Å². The monoisotopic (exact) mass is 219 g/mol. The Morgan fingerprint density at radius 3 is 1.57 bits per heavy atom. The van der Waals surface area contributed by atoms with E-state index in [1.165, 1.54) is 20.8 Å². The standard InChI is InChI=1S/C7H10F5NO/c1-5(2,3)13-4(14)6(8,9)7(10,11)12/h1-3H3,(H,13,14). The number of carbonyl (C=O) groups is 1. The molecule has 0 saturated carbocycles. The minimum atomic E-state index is -5.86. The minimum absolute atomic E-state index is 1.13. The van der Waals surface area contributed by atoms with Crippen molar-refractivity contribution in [1.82, 2.24) is 5.32 Å². The number of carbonyl (C=O) groups excluding carboxylic acids is 1. The summed E-state index contributed by atoms with van der Waals surface area (Å²) in [5.41, 5.74) is -1.13. The lowest BCUT2D eigenvalue weighted by molar-refractivity contribution is -0.270. The Balaban J connectivity index is 4.70. The average Bonchev–Trinajstić information content (AvgIpc) is 1.80. The summed E-state index contributed by atoms with van der Waals surface area (Å²) < 4.78 is 59.6. The van der Waals surface area contributed by atoms with E-state index in [1.54, 1.807) is 5.32 Å². The minimum Gasteiger partial charge on any atom is -0.346 e. The van der Waals surface area contributed by atoms with Gasteiger partial charge in [-0.3, -0.25) is 4.79 Å². The van der Waals surface area contributed by atoms with Crippen molar-refractivity contribution in [3.8, 4) is 0 Å². The van der Waals surface area contributed by atoms with E-state index in [0.717, 1.165) is 0 Å². The van der Waals surface area contributed by atoms with Gasteiger partial charge in [-0.25, -0.2) is 0 Å². The van der Waals surface area contributed by atoms with E-state index in [-0.39, 0.29) is 0 Å². The summed E-state index contributed by atoms with van der Waals surface area (Å²) in [5.74, 6) is -7.68. The summed E-state index contributed by atoms with van der Waals surface area (Å²) in [7, 11) is 0.